The van der Waals surface area contributed by atoms with Crippen molar-refractivity contribution in [3.05, 3.63) is 59.4 Å². The molecule has 2 N–H and O–H groups in total. The molecule has 0 radical (unpaired) electrons. The lowest BCUT2D eigenvalue weighted by Crippen LogP contribution is -2.42. The van der Waals surface area contributed by atoms with Gasteiger partial charge in [-0.2, -0.15) is 18.2 Å². The number of anilines is 1. The molecule has 0 bridgehead atoms. The minimum atomic E-state index is -4.74. The number of alkyl halides is 4. The van der Waals surface area contributed by atoms with Crippen molar-refractivity contribution in [3.63, 3.8) is 0 Å². The topological polar surface area (TPSA) is 66.0 Å². The summed E-state index contributed by atoms with van der Waals surface area (Å²) in [5.41, 5.74) is -3.13. The Kier molecular flexibility index (Phi) is 10.2. The number of isothiocyanates is 1. The summed E-state index contributed by atoms with van der Waals surface area (Å²) in [6.07, 6.45) is -3.27. The SMILES string of the molecule is CCl.[C-]#[N+]c1ccc(NC(=O)[C@](C)(O)CSc2ccc(N=C=S)cc2)cc1C(F)(F)F. The van der Waals surface area contributed by atoms with Gasteiger partial charge in [-0.15, -0.1) is 23.4 Å². The standard InChI is InChI=1S/C19H14F3N3O2S2.CH3Cl/c1-18(27,10-29-14-6-3-12(4-7-14)24-11-28)17(26)25-13-5-8-16(23-2)15(9-13)19(20,21)22;1-2/h3-9,27H,10H2,1H3,(H,25,26);1H3/t18-;/m1./s1. The highest BCUT2D eigenvalue weighted by atomic mass is 35.5. The van der Waals surface area contributed by atoms with Crippen molar-refractivity contribution in [2.24, 2.45) is 4.99 Å². The average molecular weight is 488 g/mol. The molecule has 0 spiro atoms. The molecule has 0 unspecified atom stereocenters. The molecule has 1 atom stereocenters. The van der Waals surface area contributed by atoms with Gasteiger partial charge in [0.15, 0.2) is 5.69 Å². The molecule has 0 aliphatic rings. The van der Waals surface area contributed by atoms with Gasteiger partial charge in [0.2, 0.25) is 0 Å². The van der Waals surface area contributed by atoms with Gasteiger partial charge in [-0.1, -0.05) is 6.07 Å². The number of thioether (sulfide) groups is 1. The largest absolute Gasteiger partial charge is 0.407 e. The van der Waals surface area contributed by atoms with Crippen LogP contribution in [-0.4, -0.2) is 33.9 Å². The van der Waals surface area contributed by atoms with Gasteiger partial charge < -0.3 is 10.4 Å². The molecule has 1 amide bonds. The zero-order chi connectivity index (χ0) is 23.7. The molecule has 164 valence electrons. The Morgan fingerprint density at radius 2 is 1.90 bits per heavy atom. The van der Waals surface area contributed by atoms with Crippen LogP contribution in [0.3, 0.4) is 0 Å². The monoisotopic (exact) mass is 487 g/mol. The molecule has 0 aromatic heterocycles. The van der Waals surface area contributed by atoms with Crippen LogP contribution in [0.5, 0.6) is 0 Å². The highest BCUT2D eigenvalue weighted by Crippen LogP contribution is 2.38. The minimum absolute atomic E-state index is 0.0408. The van der Waals surface area contributed by atoms with Crippen molar-refractivity contribution < 1.29 is 23.1 Å². The van der Waals surface area contributed by atoms with E-state index in [2.05, 4.69) is 44.1 Å². The number of hydrogen-bond donors (Lipinski definition) is 2. The van der Waals surface area contributed by atoms with Gasteiger partial charge in [0.1, 0.15) is 5.60 Å². The van der Waals surface area contributed by atoms with Gasteiger partial charge in [0.05, 0.1) is 23.0 Å². The number of halogens is 4. The van der Waals surface area contributed by atoms with Gasteiger partial charge in [-0.25, -0.2) is 4.85 Å². The van der Waals surface area contributed by atoms with E-state index in [1.165, 1.54) is 31.1 Å². The van der Waals surface area contributed by atoms with Crippen molar-refractivity contribution in [1.82, 2.24) is 0 Å². The van der Waals surface area contributed by atoms with Gasteiger partial charge in [-0.3, -0.25) is 4.79 Å². The van der Waals surface area contributed by atoms with E-state index < -0.39 is 28.9 Å². The van der Waals surface area contributed by atoms with Crippen molar-refractivity contribution in [2.45, 2.75) is 23.6 Å². The Hall–Kier alpha value is -2.41. The van der Waals surface area contributed by atoms with Gasteiger partial charge in [0.25, 0.3) is 5.91 Å². The second-order valence-corrected chi connectivity index (χ2v) is 7.29. The Balaban J connectivity index is 0.00000233. The fourth-order valence-electron chi connectivity index (χ4n) is 2.16. The van der Waals surface area contributed by atoms with E-state index in [4.69, 9.17) is 6.57 Å². The van der Waals surface area contributed by atoms with Crippen molar-refractivity contribution in [1.29, 1.82) is 0 Å². The van der Waals surface area contributed by atoms with E-state index in [0.29, 0.717) is 11.8 Å². The molecule has 0 aliphatic heterocycles. The van der Waals surface area contributed by atoms with E-state index in [1.54, 1.807) is 24.3 Å². The Morgan fingerprint density at radius 3 is 2.42 bits per heavy atom. The summed E-state index contributed by atoms with van der Waals surface area (Å²) in [6.45, 7) is 8.09. The average Bonchev–Trinajstić information content (AvgIpc) is 2.74. The molecule has 0 fully saturated rings. The van der Waals surface area contributed by atoms with Crippen molar-refractivity contribution in [2.75, 3.05) is 17.5 Å². The van der Waals surface area contributed by atoms with Crippen molar-refractivity contribution >= 4 is 63.7 Å². The first-order valence-electron chi connectivity index (χ1n) is 8.38. The zero-order valence-electron chi connectivity index (χ0n) is 16.3. The smallest absolute Gasteiger partial charge is 0.379 e. The van der Waals surface area contributed by atoms with Gasteiger partial charge >= 0.3 is 6.18 Å². The highest BCUT2D eigenvalue weighted by Gasteiger charge is 2.35. The minimum Gasteiger partial charge on any atom is -0.379 e. The number of aliphatic imine (C=N–C) groups is 1. The first-order valence-corrected chi connectivity index (χ1v) is 10.5. The third-order valence-corrected chi connectivity index (χ3v) is 5.10. The predicted octanol–water partition coefficient (Wildman–Crippen LogP) is 6.33. The molecule has 0 heterocycles. The molecule has 2 rings (SSSR count). The number of thiocarbonyl (C=S) groups is 1. The Bertz CT molecular complexity index is 1000. The molecule has 2 aromatic rings. The molecular weight excluding hydrogens is 471 g/mol. The number of nitrogens with zero attached hydrogens (tertiary/aromatic N) is 2. The summed E-state index contributed by atoms with van der Waals surface area (Å²) in [5, 5.41) is 14.9. The van der Waals surface area contributed by atoms with E-state index >= 15 is 0 Å². The number of nitrogens with one attached hydrogen (secondary N) is 1. The quantitative estimate of drug-likeness (QED) is 0.164. The number of carbonyl (C=O) groups is 1. The fourth-order valence-corrected chi connectivity index (χ4v) is 3.18. The molecule has 0 saturated heterocycles. The van der Waals surface area contributed by atoms with E-state index in [-0.39, 0.29) is 11.4 Å². The zero-order valence-corrected chi connectivity index (χ0v) is 18.7. The third-order valence-electron chi connectivity index (χ3n) is 3.70. The van der Waals surface area contributed by atoms with Crippen LogP contribution in [0.2, 0.25) is 0 Å². The summed E-state index contributed by atoms with van der Waals surface area (Å²) in [6, 6.07) is 9.65. The molecular formula is C20H17ClF3N3O2S2. The summed E-state index contributed by atoms with van der Waals surface area (Å²) >= 11 is 10.3. The molecule has 11 heteroatoms. The Labute approximate surface area is 192 Å². The molecule has 0 saturated carbocycles. The van der Waals surface area contributed by atoms with Gasteiger partial charge in [0, 0.05) is 22.7 Å². The van der Waals surface area contributed by atoms with Crippen LogP contribution >= 0.6 is 35.6 Å². The molecule has 0 aliphatic carbocycles. The van der Waals surface area contributed by atoms with E-state index in [0.717, 1.165) is 11.0 Å². The maximum atomic E-state index is 13.0. The second-order valence-electron chi connectivity index (χ2n) is 6.06. The van der Waals surface area contributed by atoms with Gasteiger partial charge in [-0.05, 0) is 55.5 Å². The lowest BCUT2D eigenvalue weighted by molar-refractivity contribution is -0.137. The number of hydrogen-bond acceptors (Lipinski definition) is 5. The number of aliphatic hydroxyl groups is 1. The Morgan fingerprint density at radius 1 is 1.29 bits per heavy atom. The third kappa shape index (κ3) is 7.98. The predicted molar refractivity (Wildman–Crippen MR) is 121 cm³/mol. The number of rotatable bonds is 6. The van der Waals surface area contributed by atoms with Crippen molar-refractivity contribution in [3.8, 4) is 0 Å². The summed E-state index contributed by atoms with van der Waals surface area (Å²) in [7, 11) is 0. The summed E-state index contributed by atoms with van der Waals surface area (Å²) < 4.78 is 39.1. The second kappa shape index (κ2) is 11.8. The van der Waals surface area contributed by atoms with Crippen LogP contribution in [0, 0.1) is 6.57 Å². The van der Waals surface area contributed by atoms with E-state index in [1.807, 2.05) is 0 Å². The highest BCUT2D eigenvalue weighted by molar-refractivity contribution is 7.99. The van der Waals surface area contributed by atoms with Crippen LogP contribution in [0.25, 0.3) is 4.85 Å². The van der Waals surface area contributed by atoms with Crippen LogP contribution in [-0.2, 0) is 11.0 Å². The lowest BCUT2D eigenvalue weighted by atomic mass is 10.1. The van der Waals surface area contributed by atoms with E-state index in [9.17, 15) is 23.1 Å². The first-order chi connectivity index (χ1) is 14.6. The lowest BCUT2D eigenvalue weighted by Gasteiger charge is -2.22. The summed E-state index contributed by atoms with van der Waals surface area (Å²) in [4.78, 5) is 19.8. The molecule has 31 heavy (non-hydrogen) atoms. The fraction of sp³-hybridized carbons (Fsp3) is 0.250. The number of benzene rings is 2. The van der Waals surface area contributed by atoms with Crippen LogP contribution in [0.4, 0.5) is 30.2 Å². The number of amides is 1. The van der Waals surface area contributed by atoms with Crippen LogP contribution in [0.15, 0.2) is 52.4 Å². The van der Waals surface area contributed by atoms with Crippen LogP contribution < -0.4 is 5.32 Å². The maximum absolute atomic E-state index is 13.0. The molecule has 5 nitrogen and oxygen atoms in total. The molecule has 2 aromatic carbocycles. The maximum Gasteiger partial charge on any atom is 0.407 e. The normalized spacial score (nSPS) is 12.3. The summed E-state index contributed by atoms with van der Waals surface area (Å²) in [5.74, 6) is -0.906. The van der Waals surface area contributed by atoms with Crippen LogP contribution in [0.1, 0.15) is 12.5 Å². The first kappa shape index (κ1) is 26.6. The number of carbonyl (C=O) groups excluding carboxylic acids is 1.